The normalized spacial score (nSPS) is 22.2. The molecule has 0 bridgehead atoms. The Morgan fingerprint density at radius 1 is 1.64 bits per heavy atom. The fraction of sp³-hybridized carbons (Fsp3) is 0.643. The van der Waals surface area contributed by atoms with Gasteiger partial charge in [0.2, 0.25) is 0 Å². The van der Waals surface area contributed by atoms with Gasteiger partial charge in [-0.25, -0.2) is 4.98 Å². The molecule has 8 heteroatoms. The molecule has 1 unspecified atom stereocenters. The Hall–Kier alpha value is -1.80. The summed E-state index contributed by atoms with van der Waals surface area (Å²) in [5.74, 6) is -0.175. The molecule has 1 aromatic rings. The van der Waals surface area contributed by atoms with E-state index >= 15 is 0 Å². The number of hydrogen-bond acceptors (Lipinski definition) is 4. The number of amidine groups is 2. The van der Waals surface area contributed by atoms with Crippen LogP contribution < -0.4 is 5.73 Å². The lowest BCUT2D eigenvalue weighted by molar-refractivity contribution is -0.0173. The Morgan fingerprint density at radius 3 is 3.18 bits per heavy atom. The molecule has 0 amide bonds. The SMILES string of the molecule is CCCCOC[C@@H]1CCC(c2cnc(C(=N)N=C(N)F)[nH]2)O1. The fourth-order valence-electron chi connectivity index (χ4n) is 2.30. The minimum Gasteiger partial charge on any atom is -0.379 e. The van der Waals surface area contributed by atoms with Gasteiger partial charge in [0.25, 0.3) is 6.09 Å². The van der Waals surface area contributed by atoms with Crippen LogP contribution in [0.4, 0.5) is 4.39 Å². The number of nitrogens with two attached hydrogens (primary N) is 1. The molecule has 0 aromatic carbocycles. The van der Waals surface area contributed by atoms with E-state index < -0.39 is 6.09 Å². The maximum absolute atomic E-state index is 12.5. The van der Waals surface area contributed by atoms with Crippen molar-refractivity contribution in [2.24, 2.45) is 10.7 Å². The van der Waals surface area contributed by atoms with Gasteiger partial charge in [0.1, 0.15) is 0 Å². The van der Waals surface area contributed by atoms with Gasteiger partial charge in [0, 0.05) is 6.61 Å². The van der Waals surface area contributed by atoms with E-state index in [0.29, 0.717) is 6.61 Å². The van der Waals surface area contributed by atoms with Crippen molar-refractivity contribution < 1.29 is 13.9 Å². The molecule has 2 rings (SSSR count). The predicted octanol–water partition coefficient (Wildman–Crippen LogP) is 2.06. The number of H-pyrrole nitrogens is 1. The number of imidazole rings is 1. The van der Waals surface area contributed by atoms with Crippen molar-refractivity contribution in [2.45, 2.75) is 44.8 Å². The highest BCUT2D eigenvalue weighted by Crippen LogP contribution is 2.31. The summed E-state index contributed by atoms with van der Waals surface area (Å²) in [5, 5.41) is 7.55. The van der Waals surface area contributed by atoms with Gasteiger partial charge in [0.15, 0.2) is 11.7 Å². The number of aromatic nitrogens is 2. The van der Waals surface area contributed by atoms with E-state index in [4.69, 9.17) is 20.6 Å². The summed E-state index contributed by atoms with van der Waals surface area (Å²) in [6.07, 6.45) is 4.32. The molecule has 122 valence electrons. The number of hydrogen-bond donors (Lipinski definition) is 3. The zero-order valence-electron chi connectivity index (χ0n) is 12.6. The average molecular weight is 311 g/mol. The van der Waals surface area contributed by atoms with Crippen molar-refractivity contribution in [1.29, 1.82) is 5.41 Å². The summed E-state index contributed by atoms with van der Waals surface area (Å²) in [7, 11) is 0. The van der Waals surface area contributed by atoms with E-state index in [1.807, 2.05) is 0 Å². The van der Waals surface area contributed by atoms with Gasteiger partial charge in [-0.05, 0) is 19.3 Å². The van der Waals surface area contributed by atoms with Crippen molar-refractivity contribution in [3.8, 4) is 0 Å². The van der Waals surface area contributed by atoms with Crippen molar-refractivity contribution in [3.05, 3.63) is 17.7 Å². The van der Waals surface area contributed by atoms with E-state index in [2.05, 4.69) is 21.9 Å². The Bertz CT molecular complexity index is 527. The van der Waals surface area contributed by atoms with E-state index in [1.54, 1.807) is 6.20 Å². The van der Waals surface area contributed by atoms with Crippen LogP contribution in [0.25, 0.3) is 0 Å². The molecule has 2 heterocycles. The average Bonchev–Trinajstić information content (AvgIpc) is 3.11. The number of nitrogens with one attached hydrogen (secondary N) is 2. The van der Waals surface area contributed by atoms with Gasteiger partial charge in [-0.2, -0.15) is 9.38 Å². The molecular weight excluding hydrogens is 289 g/mol. The van der Waals surface area contributed by atoms with Crippen LogP contribution in [0, 0.1) is 5.41 Å². The van der Waals surface area contributed by atoms with Gasteiger partial charge < -0.3 is 20.2 Å². The highest BCUT2D eigenvalue weighted by Gasteiger charge is 2.28. The number of nitrogens with zero attached hydrogens (tertiary/aromatic N) is 2. The first-order valence-electron chi connectivity index (χ1n) is 7.46. The van der Waals surface area contributed by atoms with Gasteiger partial charge in [0.05, 0.1) is 30.7 Å². The Morgan fingerprint density at radius 2 is 2.45 bits per heavy atom. The van der Waals surface area contributed by atoms with E-state index in [0.717, 1.165) is 38.0 Å². The molecule has 1 fully saturated rings. The summed E-state index contributed by atoms with van der Waals surface area (Å²) in [5.41, 5.74) is 5.56. The summed E-state index contributed by atoms with van der Waals surface area (Å²) in [4.78, 5) is 10.1. The van der Waals surface area contributed by atoms with E-state index in [9.17, 15) is 4.39 Å². The standard InChI is InChI=1S/C14H22FN5O2/c1-2-3-6-21-8-9-4-5-11(22-9)10-7-18-13(19-10)12(16)20-14(15)17/h7,9,11H,2-6,8H2,1H3,(H,18,19)(H3,16,17,20)/t9-,11?/m0/s1. The van der Waals surface area contributed by atoms with Gasteiger partial charge in [-0.1, -0.05) is 13.3 Å². The lowest BCUT2D eigenvalue weighted by Gasteiger charge is -2.12. The molecule has 4 N–H and O–H groups in total. The third-order valence-corrected chi connectivity index (χ3v) is 3.44. The predicted molar refractivity (Wildman–Crippen MR) is 80.7 cm³/mol. The second-order valence-electron chi connectivity index (χ2n) is 5.22. The summed E-state index contributed by atoms with van der Waals surface area (Å²) in [6.45, 7) is 3.48. The minimum absolute atomic E-state index is 0.0764. The Balaban J connectivity index is 1.85. The summed E-state index contributed by atoms with van der Waals surface area (Å²) < 4.78 is 23.9. The van der Waals surface area contributed by atoms with Gasteiger partial charge in [-0.15, -0.1) is 0 Å². The van der Waals surface area contributed by atoms with E-state index in [1.165, 1.54) is 0 Å². The third kappa shape index (κ3) is 4.60. The topological polar surface area (TPSA) is 109 Å². The zero-order chi connectivity index (χ0) is 15.9. The minimum atomic E-state index is -1.16. The highest BCUT2D eigenvalue weighted by molar-refractivity contribution is 5.99. The lowest BCUT2D eigenvalue weighted by atomic mass is 10.1. The van der Waals surface area contributed by atoms with Crippen molar-refractivity contribution in [3.63, 3.8) is 0 Å². The lowest BCUT2D eigenvalue weighted by Crippen LogP contribution is -2.15. The number of aromatic amines is 1. The van der Waals surface area contributed by atoms with Crippen molar-refractivity contribution in [1.82, 2.24) is 9.97 Å². The van der Waals surface area contributed by atoms with E-state index in [-0.39, 0.29) is 23.9 Å². The van der Waals surface area contributed by atoms with Crippen LogP contribution in [0.2, 0.25) is 0 Å². The maximum atomic E-state index is 12.5. The molecule has 0 radical (unpaired) electrons. The first-order valence-corrected chi connectivity index (χ1v) is 7.46. The first kappa shape index (κ1) is 16.6. The van der Waals surface area contributed by atoms with Crippen LogP contribution in [0.5, 0.6) is 0 Å². The largest absolute Gasteiger partial charge is 0.379 e. The van der Waals surface area contributed by atoms with Crippen LogP contribution >= 0.6 is 0 Å². The number of ether oxygens (including phenoxy) is 2. The van der Waals surface area contributed by atoms with Crippen LogP contribution in [0.1, 0.15) is 50.2 Å². The quantitative estimate of drug-likeness (QED) is 0.310. The molecule has 1 aliphatic heterocycles. The molecule has 0 saturated carbocycles. The smallest absolute Gasteiger partial charge is 0.281 e. The number of unbranched alkanes of at least 4 members (excludes halogenated alkanes) is 1. The number of aliphatic imine (C=N–C) groups is 1. The molecule has 2 atom stereocenters. The molecule has 0 spiro atoms. The van der Waals surface area contributed by atoms with Crippen molar-refractivity contribution in [2.75, 3.05) is 13.2 Å². The third-order valence-electron chi connectivity index (χ3n) is 3.44. The second-order valence-corrected chi connectivity index (χ2v) is 5.22. The Kier molecular flexibility index (Phi) is 6.02. The molecule has 0 aliphatic carbocycles. The summed E-state index contributed by atoms with van der Waals surface area (Å²) >= 11 is 0. The number of rotatable bonds is 7. The first-order chi connectivity index (χ1) is 10.6. The van der Waals surface area contributed by atoms with Gasteiger partial charge >= 0.3 is 0 Å². The van der Waals surface area contributed by atoms with Crippen LogP contribution in [-0.2, 0) is 9.47 Å². The monoisotopic (exact) mass is 311 g/mol. The molecule has 1 aliphatic rings. The molecule has 1 saturated heterocycles. The zero-order valence-corrected chi connectivity index (χ0v) is 12.6. The van der Waals surface area contributed by atoms with Gasteiger partial charge in [-0.3, -0.25) is 5.41 Å². The van der Waals surface area contributed by atoms with Crippen molar-refractivity contribution >= 4 is 11.9 Å². The maximum Gasteiger partial charge on any atom is 0.281 e. The van der Waals surface area contributed by atoms with Crippen LogP contribution in [0.15, 0.2) is 11.2 Å². The Labute approximate surface area is 128 Å². The van der Waals surface area contributed by atoms with Crippen LogP contribution in [0.3, 0.4) is 0 Å². The van der Waals surface area contributed by atoms with Crippen LogP contribution in [-0.4, -0.2) is 41.2 Å². The molecule has 22 heavy (non-hydrogen) atoms. The number of halogens is 1. The molecule has 7 nitrogen and oxygen atoms in total. The molecule has 1 aromatic heterocycles. The fourth-order valence-corrected chi connectivity index (χ4v) is 2.30. The second kappa shape index (κ2) is 8.00. The summed E-state index contributed by atoms with van der Waals surface area (Å²) in [6, 6.07) is 0. The molecular formula is C14H22FN5O2. The highest BCUT2D eigenvalue weighted by atomic mass is 19.1.